The van der Waals surface area contributed by atoms with E-state index in [4.69, 9.17) is 0 Å². The van der Waals surface area contributed by atoms with Crippen LogP contribution in [-0.4, -0.2) is 38.4 Å². The standard InChI is InChI=1S/C30H37N3O4S/c1-4-15-29(20-33(38(3,36)37)26-10-6-5-9-25(26)29)16-8-7-11-27(34)23-12-13-24-19-30(17-14-22(24)18-23)28(35)31-21(2)32-30/h5-6,9-10,12-13,18,32H,2,4,7-8,11,14-17,19-20H2,1,3H3,(H,31,35). The molecule has 8 heteroatoms. The van der Waals surface area contributed by atoms with Crippen molar-refractivity contribution in [1.29, 1.82) is 0 Å². The third-order valence-corrected chi connectivity index (χ3v) is 9.69. The lowest BCUT2D eigenvalue weighted by atomic mass is 9.74. The number of fused-ring (bicyclic) bond motifs is 2. The summed E-state index contributed by atoms with van der Waals surface area (Å²) in [4.78, 5) is 25.5. The Morgan fingerprint density at radius 1 is 1.11 bits per heavy atom. The fourth-order valence-electron chi connectivity index (χ4n) is 6.71. The Morgan fingerprint density at radius 3 is 2.61 bits per heavy atom. The number of hydrogen-bond donors (Lipinski definition) is 2. The van der Waals surface area contributed by atoms with Gasteiger partial charge in [-0.3, -0.25) is 13.9 Å². The van der Waals surface area contributed by atoms with Gasteiger partial charge in [0.1, 0.15) is 5.54 Å². The molecular weight excluding hydrogens is 498 g/mol. The molecule has 2 N–H and O–H groups in total. The quantitative estimate of drug-likeness (QED) is 0.367. The minimum atomic E-state index is -3.36. The summed E-state index contributed by atoms with van der Waals surface area (Å²) in [5.74, 6) is 0.655. The van der Waals surface area contributed by atoms with Crippen molar-refractivity contribution in [1.82, 2.24) is 10.6 Å². The molecule has 2 heterocycles. The number of para-hydroxylation sites is 1. The van der Waals surface area contributed by atoms with Crippen molar-refractivity contribution >= 4 is 27.4 Å². The van der Waals surface area contributed by atoms with Crippen molar-refractivity contribution in [3.63, 3.8) is 0 Å². The summed E-state index contributed by atoms with van der Waals surface area (Å²) in [7, 11) is -3.36. The van der Waals surface area contributed by atoms with Gasteiger partial charge in [-0.15, -0.1) is 0 Å². The number of carbonyl (C=O) groups is 2. The molecule has 3 aliphatic rings. The zero-order chi connectivity index (χ0) is 27.1. The number of unbranched alkanes of at least 4 members (excludes halogenated alkanes) is 1. The summed E-state index contributed by atoms with van der Waals surface area (Å²) in [5.41, 5.74) is 4.03. The van der Waals surface area contributed by atoms with Gasteiger partial charge in [0.15, 0.2) is 5.78 Å². The van der Waals surface area contributed by atoms with Crippen LogP contribution in [0.1, 0.15) is 78.9 Å². The van der Waals surface area contributed by atoms with Crippen LogP contribution < -0.4 is 14.9 Å². The SMILES string of the molecule is C=C1NC(=O)C2(CCc3cc(C(=O)CCCCC4(CCC)CN(S(C)(=O)=O)c5ccccc54)ccc3C2)N1. The highest BCUT2D eigenvalue weighted by Gasteiger charge is 2.46. The predicted molar refractivity (Wildman–Crippen MR) is 150 cm³/mol. The van der Waals surface area contributed by atoms with Crippen LogP contribution in [0.3, 0.4) is 0 Å². The Labute approximate surface area is 225 Å². The van der Waals surface area contributed by atoms with Crippen LogP contribution in [0.4, 0.5) is 5.69 Å². The maximum atomic E-state index is 13.1. The molecule has 1 saturated heterocycles. The molecule has 1 aliphatic carbocycles. The number of anilines is 1. The fraction of sp³-hybridized carbons (Fsp3) is 0.467. The highest BCUT2D eigenvalue weighted by molar-refractivity contribution is 7.92. The second-order valence-electron chi connectivity index (χ2n) is 11.2. The van der Waals surface area contributed by atoms with E-state index in [0.29, 0.717) is 31.6 Å². The van der Waals surface area contributed by atoms with E-state index in [1.54, 1.807) is 4.31 Å². The van der Waals surface area contributed by atoms with Crippen molar-refractivity contribution in [3.8, 4) is 0 Å². The van der Waals surface area contributed by atoms with Gasteiger partial charge in [0.05, 0.1) is 17.8 Å². The number of amides is 1. The number of Topliss-reactive ketones (excluding diaryl/α,β-unsaturated/α-hetero) is 1. The van der Waals surface area contributed by atoms with Crippen LogP contribution in [0.2, 0.25) is 0 Å². The minimum Gasteiger partial charge on any atom is -0.358 e. The van der Waals surface area contributed by atoms with Crippen molar-refractivity contribution in [2.75, 3.05) is 17.1 Å². The summed E-state index contributed by atoms with van der Waals surface area (Å²) in [6.45, 7) is 6.44. The number of ketones is 1. The summed E-state index contributed by atoms with van der Waals surface area (Å²) in [6, 6.07) is 13.7. The Morgan fingerprint density at radius 2 is 1.89 bits per heavy atom. The van der Waals surface area contributed by atoms with Crippen molar-refractivity contribution in [2.45, 2.75) is 75.7 Å². The van der Waals surface area contributed by atoms with Gasteiger partial charge in [0.2, 0.25) is 10.0 Å². The van der Waals surface area contributed by atoms with E-state index >= 15 is 0 Å². The van der Waals surface area contributed by atoms with Crippen LogP contribution >= 0.6 is 0 Å². The van der Waals surface area contributed by atoms with E-state index in [1.165, 1.54) is 6.26 Å². The molecule has 5 rings (SSSR count). The first-order valence-corrected chi connectivity index (χ1v) is 15.4. The maximum Gasteiger partial charge on any atom is 0.251 e. The van der Waals surface area contributed by atoms with Crippen molar-refractivity contribution < 1.29 is 18.0 Å². The molecule has 2 aliphatic heterocycles. The molecule has 0 radical (unpaired) electrons. The van der Waals surface area contributed by atoms with Crippen LogP contribution in [-0.2, 0) is 33.1 Å². The molecule has 0 bridgehead atoms. The summed E-state index contributed by atoms with van der Waals surface area (Å²) >= 11 is 0. The molecule has 202 valence electrons. The van der Waals surface area contributed by atoms with E-state index in [-0.39, 0.29) is 17.1 Å². The zero-order valence-corrected chi connectivity index (χ0v) is 23.1. The van der Waals surface area contributed by atoms with E-state index in [1.807, 2.05) is 36.4 Å². The lowest BCUT2D eigenvalue weighted by Crippen LogP contribution is -2.50. The number of benzene rings is 2. The van der Waals surface area contributed by atoms with Gasteiger partial charge in [-0.1, -0.05) is 56.7 Å². The van der Waals surface area contributed by atoms with Crippen LogP contribution in [0.15, 0.2) is 54.9 Å². The average Bonchev–Trinajstić information content (AvgIpc) is 3.35. The van der Waals surface area contributed by atoms with Crippen LogP contribution in [0.25, 0.3) is 0 Å². The summed E-state index contributed by atoms with van der Waals surface area (Å²) in [6.07, 6.45) is 8.09. The molecule has 1 spiro atoms. The number of sulfonamides is 1. The van der Waals surface area contributed by atoms with Gasteiger partial charge in [0, 0.05) is 30.4 Å². The van der Waals surface area contributed by atoms with Crippen molar-refractivity contribution in [3.05, 3.63) is 77.1 Å². The lowest BCUT2D eigenvalue weighted by Gasteiger charge is -2.32. The molecule has 7 nitrogen and oxygen atoms in total. The molecule has 0 saturated carbocycles. The van der Waals surface area contributed by atoms with Gasteiger partial charge < -0.3 is 10.6 Å². The van der Waals surface area contributed by atoms with E-state index in [0.717, 1.165) is 66.5 Å². The van der Waals surface area contributed by atoms with E-state index in [9.17, 15) is 18.0 Å². The molecule has 1 fully saturated rings. The Bertz CT molecular complexity index is 1400. The Hall–Kier alpha value is -3.13. The smallest absolute Gasteiger partial charge is 0.251 e. The Balaban J connectivity index is 1.22. The van der Waals surface area contributed by atoms with Gasteiger partial charge in [0.25, 0.3) is 5.91 Å². The molecular formula is C30H37N3O4S. The second kappa shape index (κ2) is 9.88. The first-order chi connectivity index (χ1) is 18.1. The molecule has 2 aromatic carbocycles. The van der Waals surface area contributed by atoms with E-state index in [2.05, 4.69) is 30.2 Å². The third-order valence-electron chi connectivity index (χ3n) is 8.56. The normalized spacial score (nSPS) is 24.2. The molecule has 0 aromatic heterocycles. The molecule has 2 atom stereocenters. The molecule has 38 heavy (non-hydrogen) atoms. The number of aryl methyl sites for hydroxylation is 1. The first kappa shape index (κ1) is 26.5. The second-order valence-corrected chi connectivity index (χ2v) is 13.2. The number of hydrogen-bond acceptors (Lipinski definition) is 5. The predicted octanol–water partition coefficient (Wildman–Crippen LogP) is 4.37. The fourth-order valence-corrected chi connectivity index (χ4v) is 7.70. The average molecular weight is 536 g/mol. The number of nitrogens with one attached hydrogen (secondary N) is 2. The van der Waals surface area contributed by atoms with Crippen molar-refractivity contribution in [2.24, 2.45) is 0 Å². The highest BCUT2D eigenvalue weighted by Crippen LogP contribution is 2.47. The Kier molecular flexibility index (Phi) is 6.88. The van der Waals surface area contributed by atoms with Gasteiger partial charge in [-0.2, -0.15) is 0 Å². The summed E-state index contributed by atoms with van der Waals surface area (Å²) < 4.78 is 26.6. The third kappa shape index (κ3) is 4.75. The van der Waals surface area contributed by atoms with Crippen LogP contribution in [0, 0.1) is 0 Å². The molecule has 2 aromatic rings. The monoisotopic (exact) mass is 535 g/mol. The largest absolute Gasteiger partial charge is 0.358 e. The van der Waals surface area contributed by atoms with Gasteiger partial charge in [-0.05, 0) is 60.9 Å². The van der Waals surface area contributed by atoms with Gasteiger partial charge in [-0.25, -0.2) is 8.42 Å². The van der Waals surface area contributed by atoms with Crippen LogP contribution in [0.5, 0.6) is 0 Å². The highest BCUT2D eigenvalue weighted by atomic mass is 32.2. The lowest BCUT2D eigenvalue weighted by molar-refractivity contribution is -0.124. The van der Waals surface area contributed by atoms with Gasteiger partial charge >= 0.3 is 0 Å². The number of carbonyl (C=O) groups excluding carboxylic acids is 2. The summed E-state index contributed by atoms with van der Waals surface area (Å²) in [5, 5.41) is 6.01. The number of rotatable bonds is 9. The van der Waals surface area contributed by atoms with E-state index < -0.39 is 15.6 Å². The first-order valence-electron chi connectivity index (χ1n) is 13.6. The zero-order valence-electron chi connectivity index (χ0n) is 22.3. The topological polar surface area (TPSA) is 95.6 Å². The molecule has 1 amide bonds. The number of nitrogens with zero attached hydrogens (tertiary/aromatic N) is 1. The minimum absolute atomic E-state index is 0.0290. The maximum absolute atomic E-state index is 13.1. The molecule has 2 unspecified atom stereocenters.